The first-order valence-electron chi connectivity index (χ1n) is 4.21. The molecule has 2 N–H and O–H groups in total. The molecular formula is C10H9FN2. The van der Waals surface area contributed by atoms with E-state index in [0.717, 1.165) is 18.4 Å². The van der Waals surface area contributed by atoms with Gasteiger partial charge in [0.2, 0.25) is 0 Å². The van der Waals surface area contributed by atoms with E-state index < -0.39 is 5.82 Å². The Morgan fingerprint density at radius 1 is 1.54 bits per heavy atom. The normalized spacial score (nSPS) is 19.6. The predicted molar refractivity (Wildman–Crippen MR) is 46.4 cm³/mol. The summed E-state index contributed by atoms with van der Waals surface area (Å²) in [4.78, 5) is 0. The molecule has 0 bridgehead atoms. The molecule has 1 aromatic rings. The Balaban J connectivity index is 2.65. The van der Waals surface area contributed by atoms with Crippen LogP contribution in [0.15, 0.2) is 12.1 Å². The fraction of sp³-hybridized carbons (Fsp3) is 0.300. The molecule has 0 unspecified atom stereocenters. The molecule has 0 aromatic heterocycles. The zero-order chi connectivity index (χ0) is 9.42. The van der Waals surface area contributed by atoms with Crippen molar-refractivity contribution in [2.45, 2.75) is 18.9 Å². The van der Waals surface area contributed by atoms with Crippen molar-refractivity contribution in [2.75, 3.05) is 0 Å². The van der Waals surface area contributed by atoms with Gasteiger partial charge >= 0.3 is 0 Å². The van der Waals surface area contributed by atoms with Gasteiger partial charge in [-0.1, -0.05) is 6.07 Å². The van der Waals surface area contributed by atoms with E-state index in [4.69, 9.17) is 11.0 Å². The summed E-state index contributed by atoms with van der Waals surface area (Å²) in [6, 6.07) is 4.90. The van der Waals surface area contributed by atoms with Crippen molar-refractivity contribution >= 4 is 0 Å². The standard InChI is InChI=1S/C10H9FN2/c11-10-7(5-12)2-1-6-3-4-8(13)9(6)10/h1-2,8H,3-4,13H2/t8-/m0/s1. The van der Waals surface area contributed by atoms with E-state index in [1.54, 1.807) is 6.07 Å². The molecule has 1 aliphatic carbocycles. The van der Waals surface area contributed by atoms with Crippen molar-refractivity contribution in [3.05, 3.63) is 34.6 Å². The third-order valence-corrected chi connectivity index (χ3v) is 2.49. The SMILES string of the molecule is N#Cc1ccc2c(c1F)[C@@H](N)CC2. The van der Waals surface area contributed by atoms with Gasteiger partial charge in [0.25, 0.3) is 0 Å². The number of halogens is 1. The minimum Gasteiger partial charge on any atom is -0.324 e. The van der Waals surface area contributed by atoms with Gasteiger partial charge in [0, 0.05) is 11.6 Å². The molecule has 66 valence electrons. The largest absolute Gasteiger partial charge is 0.324 e. The molecule has 0 spiro atoms. The molecule has 0 fully saturated rings. The number of nitrogens with zero attached hydrogens (tertiary/aromatic N) is 1. The van der Waals surface area contributed by atoms with E-state index in [0.29, 0.717) is 5.56 Å². The lowest BCUT2D eigenvalue weighted by Gasteiger charge is -2.06. The summed E-state index contributed by atoms with van der Waals surface area (Å²) in [6.07, 6.45) is 1.60. The van der Waals surface area contributed by atoms with Crippen LogP contribution in [0, 0.1) is 17.1 Å². The van der Waals surface area contributed by atoms with Gasteiger partial charge in [0.05, 0.1) is 5.56 Å². The first kappa shape index (κ1) is 8.21. The van der Waals surface area contributed by atoms with Gasteiger partial charge in [-0.15, -0.1) is 0 Å². The van der Waals surface area contributed by atoms with Crippen LogP contribution in [-0.2, 0) is 6.42 Å². The summed E-state index contributed by atoms with van der Waals surface area (Å²) < 4.78 is 13.5. The molecule has 1 aliphatic rings. The average Bonchev–Trinajstić information content (AvgIpc) is 2.49. The second-order valence-electron chi connectivity index (χ2n) is 3.26. The predicted octanol–water partition coefficient (Wildman–Crippen LogP) is 1.64. The number of nitriles is 1. The number of rotatable bonds is 0. The molecule has 0 amide bonds. The van der Waals surface area contributed by atoms with Crippen molar-refractivity contribution in [1.82, 2.24) is 0 Å². The van der Waals surface area contributed by atoms with Gasteiger partial charge in [-0.05, 0) is 24.5 Å². The van der Waals surface area contributed by atoms with E-state index in [2.05, 4.69) is 0 Å². The third-order valence-electron chi connectivity index (χ3n) is 2.49. The van der Waals surface area contributed by atoms with E-state index >= 15 is 0 Å². The molecule has 0 radical (unpaired) electrons. The summed E-state index contributed by atoms with van der Waals surface area (Å²) >= 11 is 0. The molecular weight excluding hydrogens is 167 g/mol. The fourth-order valence-electron chi connectivity index (χ4n) is 1.79. The number of fused-ring (bicyclic) bond motifs is 1. The Morgan fingerprint density at radius 2 is 2.31 bits per heavy atom. The lowest BCUT2D eigenvalue weighted by molar-refractivity contribution is 0.586. The van der Waals surface area contributed by atoms with Gasteiger partial charge in [0.1, 0.15) is 11.9 Å². The average molecular weight is 176 g/mol. The van der Waals surface area contributed by atoms with Crippen LogP contribution in [0.3, 0.4) is 0 Å². The van der Waals surface area contributed by atoms with Gasteiger partial charge in [-0.2, -0.15) is 5.26 Å². The van der Waals surface area contributed by atoms with Crippen molar-refractivity contribution in [2.24, 2.45) is 5.73 Å². The third kappa shape index (κ3) is 1.11. The quantitative estimate of drug-likeness (QED) is 0.653. The molecule has 0 heterocycles. The van der Waals surface area contributed by atoms with Gasteiger partial charge < -0.3 is 5.73 Å². The Hall–Kier alpha value is -1.40. The van der Waals surface area contributed by atoms with Gasteiger partial charge in [-0.25, -0.2) is 4.39 Å². The lowest BCUT2D eigenvalue weighted by atomic mass is 10.0. The smallest absolute Gasteiger partial charge is 0.145 e. The number of aryl methyl sites for hydroxylation is 1. The highest BCUT2D eigenvalue weighted by Gasteiger charge is 2.24. The molecule has 3 heteroatoms. The Bertz CT molecular complexity index is 393. The molecule has 0 aliphatic heterocycles. The first-order valence-corrected chi connectivity index (χ1v) is 4.21. The zero-order valence-electron chi connectivity index (χ0n) is 7.05. The maximum Gasteiger partial charge on any atom is 0.145 e. The monoisotopic (exact) mass is 176 g/mol. The van der Waals surface area contributed by atoms with E-state index in [9.17, 15) is 4.39 Å². The molecule has 2 nitrogen and oxygen atoms in total. The molecule has 13 heavy (non-hydrogen) atoms. The highest BCUT2D eigenvalue weighted by atomic mass is 19.1. The van der Waals surface area contributed by atoms with Gasteiger partial charge in [-0.3, -0.25) is 0 Å². The minimum absolute atomic E-state index is 0.0936. The van der Waals surface area contributed by atoms with Crippen LogP contribution in [0.5, 0.6) is 0 Å². The Kier molecular flexibility index (Phi) is 1.78. The molecule has 0 saturated carbocycles. The maximum absolute atomic E-state index is 13.5. The van der Waals surface area contributed by atoms with E-state index in [1.165, 1.54) is 6.07 Å². The lowest BCUT2D eigenvalue weighted by Crippen LogP contribution is -2.08. The molecule has 0 saturated heterocycles. The first-order chi connectivity index (χ1) is 6.24. The second kappa shape index (κ2) is 2.82. The van der Waals surface area contributed by atoms with Crippen LogP contribution in [-0.4, -0.2) is 0 Å². The molecule has 1 atom stereocenters. The van der Waals surface area contributed by atoms with Crippen molar-refractivity contribution in [3.8, 4) is 6.07 Å². The van der Waals surface area contributed by atoms with Crippen LogP contribution < -0.4 is 5.73 Å². The van der Waals surface area contributed by atoms with Crippen molar-refractivity contribution in [1.29, 1.82) is 5.26 Å². The molecule has 2 rings (SSSR count). The highest BCUT2D eigenvalue weighted by Crippen LogP contribution is 2.32. The Morgan fingerprint density at radius 3 is 3.00 bits per heavy atom. The van der Waals surface area contributed by atoms with Crippen molar-refractivity contribution < 1.29 is 4.39 Å². The fourth-order valence-corrected chi connectivity index (χ4v) is 1.79. The number of hydrogen-bond donors (Lipinski definition) is 1. The summed E-state index contributed by atoms with van der Waals surface area (Å²) in [6.45, 7) is 0. The minimum atomic E-state index is -0.426. The summed E-state index contributed by atoms with van der Waals surface area (Å²) in [5.41, 5.74) is 7.30. The van der Waals surface area contributed by atoms with Crippen molar-refractivity contribution in [3.63, 3.8) is 0 Å². The Labute approximate surface area is 75.8 Å². The number of nitrogens with two attached hydrogens (primary N) is 1. The van der Waals surface area contributed by atoms with Crippen LogP contribution in [0.25, 0.3) is 0 Å². The summed E-state index contributed by atoms with van der Waals surface area (Å²) in [5, 5.41) is 8.61. The second-order valence-corrected chi connectivity index (χ2v) is 3.26. The summed E-state index contributed by atoms with van der Waals surface area (Å²) in [7, 11) is 0. The van der Waals surface area contributed by atoms with E-state index in [-0.39, 0.29) is 11.6 Å². The highest BCUT2D eigenvalue weighted by molar-refractivity contribution is 5.43. The van der Waals surface area contributed by atoms with E-state index in [1.807, 2.05) is 6.07 Å². The van der Waals surface area contributed by atoms with Crippen LogP contribution in [0.4, 0.5) is 4.39 Å². The van der Waals surface area contributed by atoms with Crippen LogP contribution in [0.2, 0.25) is 0 Å². The van der Waals surface area contributed by atoms with Crippen LogP contribution >= 0.6 is 0 Å². The molecule has 1 aromatic carbocycles. The topological polar surface area (TPSA) is 49.8 Å². The number of benzene rings is 1. The van der Waals surface area contributed by atoms with Crippen LogP contribution in [0.1, 0.15) is 29.2 Å². The number of hydrogen-bond acceptors (Lipinski definition) is 2. The maximum atomic E-state index is 13.5. The summed E-state index contributed by atoms with van der Waals surface area (Å²) in [5.74, 6) is -0.426. The van der Waals surface area contributed by atoms with Gasteiger partial charge in [0.15, 0.2) is 0 Å². The zero-order valence-corrected chi connectivity index (χ0v) is 7.05.